The third kappa shape index (κ3) is 4.61. The largest absolute Gasteiger partial charge is 0.496 e. The quantitative estimate of drug-likeness (QED) is 0.877. The smallest absolute Gasteiger partial charge is 0.317 e. The summed E-state index contributed by atoms with van der Waals surface area (Å²) in [6, 6.07) is 10.7. The number of urea groups is 1. The van der Waals surface area contributed by atoms with E-state index in [4.69, 9.17) is 9.15 Å². The van der Waals surface area contributed by atoms with Crippen LogP contribution in [0.15, 0.2) is 47.1 Å². The van der Waals surface area contributed by atoms with E-state index in [0.717, 1.165) is 24.2 Å². The van der Waals surface area contributed by atoms with Gasteiger partial charge in [-0.2, -0.15) is 0 Å². The maximum absolute atomic E-state index is 12.6. The summed E-state index contributed by atoms with van der Waals surface area (Å²) in [5, 5.41) is 3.03. The number of carbonyl (C=O) groups is 2. The van der Waals surface area contributed by atoms with Crippen molar-refractivity contribution in [1.29, 1.82) is 0 Å². The summed E-state index contributed by atoms with van der Waals surface area (Å²) < 4.78 is 10.5. The van der Waals surface area contributed by atoms with Crippen molar-refractivity contribution in [2.75, 3.05) is 27.2 Å². The van der Waals surface area contributed by atoms with Gasteiger partial charge in [0.15, 0.2) is 5.76 Å². The first kappa shape index (κ1) is 18.8. The van der Waals surface area contributed by atoms with E-state index >= 15 is 0 Å². The van der Waals surface area contributed by atoms with Gasteiger partial charge in [-0.25, -0.2) is 4.79 Å². The van der Waals surface area contributed by atoms with Crippen LogP contribution >= 0.6 is 0 Å². The van der Waals surface area contributed by atoms with E-state index < -0.39 is 0 Å². The first-order chi connectivity index (χ1) is 13.1. The molecule has 1 aliphatic rings. The van der Waals surface area contributed by atoms with Crippen molar-refractivity contribution in [3.05, 3.63) is 54.0 Å². The second kappa shape index (κ2) is 8.62. The number of ether oxygens (including phenoxy) is 1. The Morgan fingerprint density at radius 1 is 1.30 bits per heavy atom. The van der Waals surface area contributed by atoms with Crippen molar-refractivity contribution < 1.29 is 18.7 Å². The number of amides is 3. The van der Waals surface area contributed by atoms with E-state index in [0.29, 0.717) is 25.4 Å². The number of para-hydroxylation sites is 1. The maximum atomic E-state index is 12.6. The summed E-state index contributed by atoms with van der Waals surface area (Å²) >= 11 is 0. The summed E-state index contributed by atoms with van der Waals surface area (Å²) in [7, 11) is 3.36. The fourth-order valence-corrected chi connectivity index (χ4v) is 3.28. The van der Waals surface area contributed by atoms with Crippen LogP contribution in [-0.4, -0.2) is 55.0 Å². The summed E-state index contributed by atoms with van der Waals surface area (Å²) in [5.74, 6) is 0.946. The molecule has 0 saturated carbocycles. The molecule has 0 unspecified atom stereocenters. The second-order valence-electron chi connectivity index (χ2n) is 6.69. The number of piperidine rings is 1. The molecule has 1 aromatic carbocycles. The van der Waals surface area contributed by atoms with Crippen LogP contribution in [-0.2, 0) is 6.54 Å². The van der Waals surface area contributed by atoms with Crippen LogP contribution in [0.2, 0.25) is 0 Å². The van der Waals surface area contributed by atoms with Crippen molar-refractivity contribution >= 4 is 11.9 Å². The van der Waals surface area contributed by atoms with Gasteiger partial charge < -0.3 is 24.3 Å². The molecule has 0 bridgehead atoms. The van der Waals surface area contributed by atoms with Crippen LogP contribution in [0.5, 0.6) is 5.75 Å². The molecular formula is C20H25N3O4. The molecule has 1 aliphatic heterocycles. The molecule has 0 aliphatic carbocycles. The SMILES string of the molecule is COc1ccccc1CN(C)C(=O)N[C@@H]1CCCN(C(=O)c2ccco2)C1. The summed E-state index contributed by atoms with van der Waals surface area (Å²) in [6.07, 6.45) is 3.17. The Kier molecular flexibility index (Phi) is 6.01. The van der Waals surface area contributed by atoms with E-state index in [-0.39, 0.29) is 18.0 Å². The number of benzene rings is 1. The molecule has 3 rings (SSSR count). The fraction of sp³-hybridized carbons (Fsp3) is 0.400. The van der Waals surface area contributed by atoms with Gasteiger partial charge in [-0.1, -0.05) is 18.2 Å². The molecule has 1 fully saturated rings. The van der Waals surface area contributed by atoms with E-state index in [1.807, 2.05) is 24.3 Å². The Hall–Kier alpha value is -2.96. The van der Waals surface area contributed by atoms with Crippen LogP contribution in [0.4, 0.5) is 4.79 Å². The number of hydrogen-bond acceptors (Lipinski definition) is 4. The number of rotatable bonds is 5. The molecule has 1 aromatic heterocycles. The lowest BCUT2D eigenvalue weighted by Gasteiger charge is -2.33. The highest BCUT2D eigenvalue weighted by atomic mass is 16.5. The van der Waals surface area contributed by atoms with Gasteiger partial charge in [-0.3, -0.25) is 4.79 Å². The van der Waals surface area contributed by atoms with E-state index in [1.165, 1.54) is 6.26 Å². The van der Waals surface area contributed by atoms with Crippen LogP contribution in [0.1, 0.15) is 29.0 Å². The monoisotopic (exact) mass is 371 g/mol. The normalized spacial score (nSPS) is 16.7. The van der Waals surface area contributed by atoms with Crippen molar-refractivity contribution in [2.24, 2.45) is 0 Å². The number of hydrogen-bond donors (Lipinski definition) is 1. The Labute approximate surface area is 158 Å². The van der Waals surface area contributed by atoms with Crippen molar-refractivity contribution in [3.63, 3.8) is 0 Å². The number of nitrogens with zero attached hydrogens (tertiary/aromatic N) is 2. The average Bonchev–Trinajstić information content (AvgIpc) is 3.22. The highest BCUT2D eigenvalue weighted by Gasteiger charge is 2.27. The molecule has 3 amide bonds. The van der Waals surface area contributed by atoms with Gasteiger partial charge in [-0.05, 0) is 31.0 Å². The number of methoxy groups -OCH3 is 1. The number of carbonyl (C=O) groups excluding carboxylic acids is 2. The third-order valence-corrected chi connectivity index (χ3v) is 4.71. The zero-order valence-corrected chi connectivity index (χ0v) is 15.7. The molecule has 2 heterocycles. The first-order valence-corrected chi connectivity index (χ1v) is 9.04. The fourth-order valence-electron chi connectivity index (χ4n) is 3.28. The van der Waals surface area contributed by atoms with Crippen molar-refractivity contribution in [1.82, 2.24) is 15.1 Å². The zero-order chi connectivity index (χ0) is 19.2. The average molecular weight is 371 g/mol. The predicted molar refractivity (Wildman–Crippen MR) is 101 cm³/mol. The highest BCUT2D eigenvalue weighted by molar-refractivity contribution is 5.91. The van der Waals surface area contributed by atoms with E-state index in [2.05, 4.69) is 5.32 Å². The lowest BCUT2D eigenvalue weighted by molar-refractivity contribution is 0.0663. The summed E-state index contributed by atoms with van der Waals surface area (Å²) in [6.45, 7) is 1.59. The van der Waals surface area contributed by atoms with Crippen LogP contribution < -0.4 is 10.1 Å². The lowest BCUT2D eigenvalue weighted by Crippen LogP contribution is -2.52. The molecule has 1 N–H and O–H groups in total. The Balaban J connectivity index is 1.56. The minimum atomic E-state index is -0.168. The van der Waals surface area contributed by atoms with Crippen molar-refractivity contribution in [2.45, 2.75) is 25.4 Å². The molecule has 2 aromatic rings. The molecule has 7 heteroatoms. The Bertz CT molecular complexity index is 775. The molecule has 144 valence electrons. The standard InChI is InChI=1S/C20H25N3O4/c1-22(13-15-7-3-4-9-17(15)26-2)20(25)21-16-8-5-11-23(14-16)19(24)18-10-6-12-27-18/h3-4,6-7,9-10,12,16H,5,8,11,13-14H2,1-2H3,(H,21,25)/t16-/m1/s1. The van der Waals surface area contributed by atoms with Gasteiger partial charge in [-0.15, -0.1) is 0 Å². The van der Waals surface area contributed by atoms with Gasteiger partial charge in [0, 0.05) is 31.7 Å². The minimum Gasteiger partial charge on any atom is -0.496 e. The van der Waals surface area contributed by atoms with Gasteiger partial charge in [0.2, 0.25) is 0 Å². The molecule has 1 saturated heterocycles. The Morgan fingerprint density at radius 2 is 2.11 bits per heavy atom. The van der Waals surface area contributed by atoms with E-state index in [1.54, 1.807) is 36.1 Å². The number of furan rings is 1. The molecule has 0 radical (unpaired) electrons. The second-order valence-corrected chi connectivity index (χ2v) is 6.69. The molecule has 7 nitrogen and oxygen atoms in total. The predicted octanol–water partition coefficient (Wildman–Crippen LogP) is 2.73. The summed E-state index contributed by atoms with van der Waals surface area (Å²) in [4.78, 5) is 28.4. The number of nitrogens with one attached hydrogen (secondary N) is 1. The van der Waals surface area contributed by atoms with Gasteiger partial charge in [0.05, 0.1) is 19.9 Å². The number of likely N-dealkylation sites (tertiary alicyclic amines) is 1. The topological polar surface area (TPSA) is 75.0 Å². The minimum absolute atomic E-state index is 0.0784. The first-order valence-electron chi connectivity index (χ1n) is 9.04. The van der Waals surface area contributed by atoms with Crippen LogP contribution in [0.25, 0.3) is 0 Å². The van der Waals surface area contributed by atoms with Crippen molar-refractivity contribution in [3.8, 4) is 5.75 Å². The van der Waals surface area contributed by atoms with Gasteiger partial charge in [0.25, 0.3) is 5.91 Å². The highest BCUT2D eigenvalue weighted by Crippen LogP contribution is 2.19. The van der Waals surface area contributed by atoms with Crippen LogP contribution in [0, 0.1) is 0 Å². The molecule has 0 spiro atoms. The molecule has 1 atom stereocenters. The van der Waals surface area contributed by atoms with Crippen LogP contribution in [0.3, 0.4) is 0 Å². The van der Waals surface area contributed by atoms with Gasteiger partial charge in [0.1, 0.15) is 5.75 Å². The Morgan fingerprint density at radius 3 is 2.85 bits per heavy atom. The lowest BCUT2D eigenvalue weighted by atomic mass is 10.1. The molecule has 27 heavy (non-hydrogen) atoms. The summed E-state index contributed by atoms with van der Waals surface area (Å²) in [5.41, 5.74) is 0.941. The third-order valence-electron chi connectivity index (χ3n) is 4.71. The zero-order valence-electron chi connectivity index (χ0n) is 15.7. The van der Waals surface area contributed by atoms with E-state index in [9.17, 15) is 9.59 Å². The maximum Gasteiger partial charge on any atom is 0.317 e. The van der Waals surface area contributed by atoms with Gasteiger partial charge >= 0.3 is 6.03 Å². The molecular weight excluding hydrogens is 346 g/mol.